The lowest BCUT2D eigenvalue weighted by molar-refractivity contribution is 0.0697. The van der Waals surface area contributed by atoms with Gasteiger partial charge in [0.15, 0.2) is 0 Å². The molecule has 3 rings (SSSR count). The van der Waals surface area contributed by atoms with Gasteiger partial charge in [0.05, 0.1) is 10.9 Å². The van der Waals surface area contributed by atoms with Gasteiger partial charge < -0.3 is 15.8 Å². The van der Waals surface area contributed by atoms with E-state index >= 15 is 0 Å². The number of hydrogen-bond acceptors (Lipinski definition) is 4. The monoisotopic (exact) mass is 228 g/mol. The van der Waals surface area contributed by atoms with E-state index in [9.17, 15) is 4.79 Å². The molecule has 0 radical (unpaired) electrons. The van der Waals surface area contributed by atoms with E-state index in [1.807, 2.05) is 0 Å². The summed E-state index contributed by atoms with van der Waals surface area (Å²) in [6.45, 7) is 0. The molecule has 6 nitrogen and oxygen atoms in total. The lowest BCUT2D eigenvalue weighted by Crippen LogP contribution is -1.94. The first kappa shape index (κ1) is 9.59. The van der Waals surface area contributed by atoms with Crippen molar-refractivity contribution in [3.8, 4) is 0 Å². The summed E-state index contributed by atoms with van der Waals surface area (Å²) in [6.07, 6.45) is 1.37. The number of carboxylic acids is 1. The average molecular weight is 228 g/mol. The van der Waals surface area contributed by atoms with Gasteiger partial charge in [0, 0.05) is 10.9 Å². The highest BCUT2D eigenvalue weighted by molar-refractivity contribution is 6.11. The average Bonchev–Trinajstić information content (AvgIpc) is 2.67. The molecule has 0 saturated carbocycles. The van der Waals surface area contributed by atoms with Crippen molar-refractivity contribution in [2.24, 2.45) is 0 Å². The Balaban J connectivity index is 2.44. The maximum Gasteiger partial charge on any atom is 0.335 e. The second-order valence-corrected chi connectivity index (χ2v) is 3.67. The van der Waals surface area contributed by atoms with Gasteiger partial charge in [-0.25, -0.2) is 14.8 Å². The van der Waals surface area contributed by atoms with Crippen molar-refractivity contribution in [1.29, 1.82) is 0 Å². The van der Waals surface area contributed by atoms with Crippen molar-refractivity contribution in [3.63, 3.8) is 0 Å². The molecule has 0 atom stereocenters. The second-order valence-electron chi connectivity index (χ2n) is 3.67. The highest BCUT2D eigenvalue weighted by atomic mass is 16.4. The molecule has 2 aromatic heterocycles. The van der Waals surface area contributed by atoms with Gasteiger partial charge in [-0.3, -0.25) is 0 Å². The number of aromatic carboxylic acids is 1. The van der Waals surface area contributed by atoms with E-state index in [1.165, 1.54) is 12.4 Å². The number of nitrogens with two attached hydrogens (primary N) is 1. The van der Waals surface area contributed by atoms with Crippen molar-refractivity contribution in [2.75, 3.05) is 5.73 Å². The van der Waals surface area contributed by atoms with Crippen molar-refractivity contribution in [3.05, 3.63) is 30.1 Å². The van der Waals surface area contributed by atoms with Gasteiger partial charge in [0.2, 0.25) is 0 Å². The molecule has 1 aromatic carbocycles. The van der Waals surface area contributed by atoms with Gasteiger partial charge in [-0.2, -0.15) is 0 Å². The third-order valence-corrected chi connectivity index (χ3v) is 2.67. The number of aromatic nitrogens is 3. The summed E-state index contributed by atoms with van der Waals surface area (Å²) in [5.41, 5.74) is 7.29. The zero-order chi connectivity index (χ0) is 12.0. The molecule has 6 heteroatoms. The number of hydrogen-bond donors (Lipinski definition) is 3. The van der Waals surface area contributed by atoms with Gasteiger partial charge in [0.25, 0.3) is 0 Å². The molecule has 0 unspecified atom stereocenters. The Morgan fingerprint density at radius 1 is 1.35 bits per heavy atom. The van der Waals surface area contributed by atoms with E-state index in [4.69, 9.17) is 10.8 Å². The predicted molar refractivity (Wildman–Crippen MR) is 62.8 cm³/mol. The van der Waals surface area contributed by atoms with Crippen LogP contribution in [0.15, 0.2) is 24.5 Å². The summed E-state index contributed by atoms with van der Waals surface area (Å²) in [7, 11) is 0. The van der Waals surface area contributed by atoms with E-state index < -0.39 is 5.97 Å². The Morgan fingerprint density at radius 3 is 2.94 bits per heavy atom. The molecule has 0 amide bonds. The fourth-order valence-electron chi connectivity index (χ4n) is 1.89. The van der Waals surface area contributed by atoms with Crippen LogP contribution < -0.4 is 5.73 Å². The van der Waals surface area contributed by atoms with Crippen LogP contribution in [0.2, 0.25) is 0 Å². The number of H-pyrrole nitrogens is 1. The number of carboxylic acid groups (broad SMARTS) is 1. The minimum absolute atomic E-state index is 0.218. The molecule has 0 bridgehead atoms. The Morgan fingerprint density at radius 2 is 2.18 bits per heavy atom. The molecule has 84 valence electrons. The first-order valence-electron chi connectivity index (χ1n) is 4.92. The van der Waals surface area contributed by atoms with E-state index in [0.29, 0.717) is 17.0 Å². The topological polar surface area (TPSA) is 105 Å². The van der Waals surface area contributed by atoms with E-state index in [0.717, 1.165) is 10.8 Å². The molecule has 0 fully saturated rings. The summed E-state index contributed by atoms with van der Waals surface area (Å²) < 4.78 is 0. The highest BCUT2D eigenvalue weighted by Gasteiger charge is 2.11. The minimum Gasteiger partial charge on any atom is -0.478 e. The summed E-state index contributed by atoms with van der Waals surface area (Å²) in [5.74, 6) is -0.589. The first-order chi connectivity index (χ1) is 8.16. The molecule has 2 heterocycles. The lowest BCUT2D eigenvalue weighted by Gasteiger charge is -1.95. The quantitative estimate of drug-likeness (QED) is 0.583. The molecule has 0 saturated heterocycles. The Labute approximate surface area is 95.1 Å². The number of nitrogens with one attached hydrogen (secondary N) is 1. The molecule has 17 heavy (non-hydrogen) atoms. The third kappa shape index (κ3) is 1.31. The number of anilines is 1. The normalized spacial score (nSPS) is 11.1. The highest BCUT2D eigenvalue weighted by Crippen LogP contribution is 2.27. The standard InChI is InChI=1S/C11H8N4O2/c12-9-8-6-2-1-5(11(16)17)3-7(6)15-10(8)14-4-13-9/h1-4H,(H,16,17)(H3,12,13,14,15). The zero-order valence-corrected chi connectivity index (χ0v) is 8.64. The molecule has 0 spiro atoms. The fraction of sp³-hybridized carbons (Fsp3) is 0. The summed E-state index contributed by atoms with van der Waals surface area (Å²) in [6, 6.07) is 4.79. The lowest BCUT2D eigenvalue weighted by atomic mass is 10.1. The second kappa shape index (κ2) is 3.18. The van der Waals surface area contributed by atoms with Crippen LogP contribution in [0, 0.1) is 0 Å². The van der Waals surface area contributed by atoms with Crippen LogP contribution in [0.1, 0.15) is 10.4 Å². The maximum absolute atomic E-state index is 10.9. The summed E-state index contributed by atoms with van der Waals surface area (Å²) in [4.78, 5) is 21.9. The summed E-state index contributed by atoms with van der Waals surface area (Å²) in [5, 5.41) is 10.5. The van der Waals surface area contributed by atoms with Crippen molar-refractivity contribution < 1.29 is 9.90 Å². The molecule has 0 aliphatic rings. The number of nitrogens with zero attached hydrogens (tertiary/aromatic N) is 2. The van der Waals surface area contributed by atoms with Gasteiger partial charge in [-0.05, 0) is 12.1 Å². The van der Waals surface area contributed by atoms with Crippen LogP contribution in [0.25, 0.3) is 21.9 Å². The van der Waals surface area contributed by atoms with E-state index in [-0.39, 0.29) is 5.56 Å². The van der Waals surface area contributed by atoms with Crippen LogP contribution in [-0.4, -0.2) is 26.0 Å². The summed E-state index contributed by atoms with van der Waals surface area (Å²) >= 11 is 0. The number of carbonyl (C=O) groups is 1. The molecule has 0 aliphatic carbocycles. The third-order valence-electron chi connectivity index (χ3n) is 2.67. The largest absolute Gasteiger partial charge is 0.478 e. The van der Waals surface area contributed by atoms with Crippen molar-refractivity contribution in [1.82, 2.24) is 15.0 Å². The van der Waals surface area contributed by atoms with Crippen LogP contribution in [0.4, 0.5) is 5.82 Å². The first-order valence-corrected chi connectivity index (χ1v) is 4.92. The smallest absolute Gasteiger partial charge is 0.335 e. The maximum atomic E-state index is 10.9. The van der Waals surface area contributed by atoms with Crippen LogP contribution in [0.5, 0.6) is 0 Å². The van der Waals surface area contributed by atoms with Crippen molar-refractivity contribution in [2.45, 2.75) is 0 Å². The number of nitrogen functional groups attached to an aromatic ring is 1. The molecule has 3 aromatic rings. The van der Waals surface area contributed by atoms with Crippen LogP contribution in [0.3, 0.4) is 0 Å². The van der Waals surface area contributed by atoms with Gasteiger partial charge in [-0.1, -0.05) is 6.07 Å². The Bertz CT molecular complexity index is 748. The molecular formula is C11H8N4O2. The number of fused-ring (bicyclic) bond motifs is 3. The van der Waals surface area contributed by atoms with E-state index in [2.05, 4.69) is 15.0 Å². The van der Waals surface area contributed by atoms with Crippen LogP contribution >= 0.6 is 0 Å². The van der Waals surface area contributed by atoms with Gasteiger partial charge in [-0.15, -0.1) is 0 Å². The predicted octanol–water partition coefficient (Wildman–Crippen LogP) is 1.39. The SMILES string of the molecule is Nc1ncnc2[nH]c3cc(C(=O)O)ccc3c12. The minimum atomic E-state index is -0.968. The number of aromatic amines is 1. The zero-order valence-electron chi connectivity index (χ0n) is 8.64. The van der Waals surface area contributed by atoms with E-state index in [1.54, 1.807) is 12.1 Å². The molecular weight excluding hydrogens is 220 g/mol. The number of benzene rings is 1. The fourth-order valence-corrected chi connectivity index (χ4v) is 1.89. The van der Waals surface area contributed by atoms with Gasteiger partial charge in [0.1, 0.15) is 17.8 Å². The van der Waals surface area contributed by atoms with Gasteiger partial charge >= 0.3 is 5.97 Å². The molecule has 4 N–H and O–H groups in total. The van der Waals surface area contributed by atoms with Crippen LogP contribution in [-0.2, 0) is 0 Å². The number of rotatable bonds is 1. The Hall–Kier alpha value is -2.63. The molecule has 0 aliphatic heterocycles. The van der Waals surface area contributed by atoms with Crippen molar-refractivity contribution >= 4 is 33.7 Å². The Kier molecular flexibility index (Phi) is 1.79.